The van der Waals surface area contributed by atoms with Crippen LogP contribution in [0.3, 0.4) is 0 Å². The molecule has 96 valence electrons. The van der Waals surface area contributed by atoms with E-state index in [0.717, 1.165) is 16.5 Å². The number of hydrogen-bond acceptors (Lipinski definition) is 3. The predicted molar refractivity (Wildman–Crippen MR) is 76.2 cm³/mol. The Morgan fingerprint density at radius 3 is 2.89 bits per heavy atom. The Labute approximate surface area is 116 Å². The van der Waals surface area contributed by atoms with Crippen LogP contribution in [-0.4, -0.2) is 4.98 Å². The molecule has 3 rings (SSSR count). The lowest BCUT2D eigenvalue weighted by molar-refractivity contribution is 0.525. The molecule has 0 amide bonds. The van der Waals surface area contributed by atoms with Gasteiger partial charge in [-0.25, -0.2) is 0 Å². The van der Waals surface area contributed by atoms with Crippen molar-refractivity contribution in [1.82, 2.24) is 4.98 Å². The van der Waals surface area contributed by atoms with Gasteiger partial charge >= 0.3 is 0 Å². The number of hydrogen-bond donors (Lipinski definition) is 1. The van der Waals surface area contributed by atoms with E-state index >= 15 is 0 Å². The first-order valence-electron chi connectivity index (χ1n) is 6.00. The molecular weight excluding hydrogens is 260 g/mol. The van der Waals surface area contributed by atoms with Gasteiger partial charge in [0.15, 0.2) is 0 Å². The minimum atomic E-state index is -0.386. The molecule has 0 aliphatic heterocycles. The van der Waals surface area contributed by atoms with Crippen molar-refractivity contribution in [2.24, 2.45) is 5.73 Å². The van der Waals surface area contributed by atoms with E-state index in [-0.39, 0.29) is 6.04 Å². The van der Waals surface area contributed by atoms with Crippen molar-refractivity contribution in [2.45, 2.75) is 13.0 Å². The lowest BCUT2D eigenvalue weighted by Crippen LogP contribution is -2.11. The molecule has 0 bridgehead atoms. The fourth-order valence-electron chi connectivity index (χ4n) is 2.13. The van der Waals surface area contributed by atoms with Crippen LogP contribution < -0.4 is 5.73 Å². The molecule has 2 N–H and O–H groups in total. The minimum Gasteiger partial charge on any atom is -0.459 e. The molecule has 3 aromatic rings. The number of nitrogens with two attached hydrogens (primary N) is 1. The van der Waals surface area contributed by atoms with Gasteiger partial charge in [-0.3, -0.25) is 4.98 Å². The van der Waals surface area contributed by atoms with E-state index < -0.39 is 0 Å². The third kappa shape index (κ3) is 2.23. The maximum Gasteiger partial charge on any atom is 0.134 e. The Hall–Kier alpha value is -1.84. The van der Waals surface area contributed by atoms with Crippen LogP contribution in [-0.2, 0) is 0 Å². The summed E-state index contributed by atoms with van der Waals surface area (Å²) in [6.45, 7) is 2.05. The maximum atomic E-state index is 6.21. The predicted octanol–water partition coefficient (Wildman–Crippen LogP) is 3.84. The number of rotatable bonds is 2. The average molecular weight is 273 g/mol. The molecule has 1 atom stereocenters. The number of aromatic nitrogens is 1. The van der Waals surface area contributed by atoms with E-state index in [4.69, 9.17) is 21.8 Å². The van der Waals surface area contributed by atoms with Gasteiger partial charge in [0.2, 0.25) is 0 Å². The summed E-state index contributed by atoms with van der Waals surface area (Å²) in [4.78, 5) is 3.96. The van der Waals surface area contributed by atoms with Gasteiger partial charge in [-0.1, -0.05) is 23.2 Å². The molecule has 0 saturated carbocycles. The number of nitrogens with zero attached hydrogens (tertiary/aromatic N) is 1. The Kier molecular flexibility index (Phi) is 3.01. The number of fused-ring (bicyclic) bond motifs is 1. The van der Waals surface area contributed by atoms with E-state index in [2.05, 4.69) is 11.1 Å². The number of pyridine rings is 1. The third-order valence-corrected chi connectivity index (χ3v) is 3.45. The van der Waals surface area contributed by atoms with Gasteiger partial charge in [0.25, 0.3) is 0 Å². The first kappa shape index (κ1) is 12.2. The van der Waals surface area contributed by atoms with Gasteiger partial charge in [0.05, 0.1) is 11.1 Å². The average Bonchev–Trinajstić information content (AvgIpc) is 2.81. The standard InChI is InChI=1S/C15H13ClN2O/c1-9-2-3-13-10(6-9)7-14(19-13)15(17)11-4-5-18-8-12(11)16/h2-8,15H,17H2,1H3. The van der Waals surface area contributed by atoms with Crippen LogP contribution in [0.15, 0.2) is 47.1 Å². The molecule has 0 saturated heterocycles. The van der Waals surface area contributed by atoms with Crippen molar-refractivity contribution in [2.75, 3.05) is 0 Å². The van der Waals surface area contributed by atoms with Crippen molar-refractivity contribution < 1.29 is 4.42 Å². The lowest BCUT2D eigenvalue weighted by atomic mass is 10.1. The van der Waals surface area contributed by atoms with Gasteiger partial charge in [-0.05, 0) is 36.8 Å². The molecule has 3 nitrogen and oxygen atoms in total. The SMILES string of the molecule is Cc1ccc2oc(C(N)c3ccncc3Cl)cc2c1. The third-order valence-electron chi connectivity index (χ3n) is 3.14. The highest BCUT2D eigenvalue weighted by atomic mass is 35.5. The Balaban J connectivity index is 2.07. The molecule has 1 aromatic carbocycles. The number of benzene rings is 1. The second-order valence-electron chi connectivity index (χ2n) is 4.56. The molecule has 19 heavy (non-hydrogen) atoms. The molecule has 1 unspecified atom stereocenters. The fourth-order valence-corrected chi connectivity index (χ4v) is 2.36. The molecule has 0 fully saturated rings. The van der Waals surface area contributed by atoms with Crippen LogP contribution in [0.25, 0.3) is 11.0 Å². The minimum absolute atomic E-state index is 0.386. The summed E-state index contributed by atoms with van der Waals surface area (Å²) in [6.07, 6.45) is 3.26. The van der Waals surface area contributed by atoms with Crippen molar-refractivity contribution in [3.63, 3.8) is 0 Å². The highest BCUT2D eigenvalue weighted by molar-refractivity contribution is 6.31. The molecule has 2 aromatic heterocycles. The fraction of sp³-hybridized carbons (Fsp3) is 0.133. The largest absolute Gasteiger partial charge is 0.459 e. The topological polar surface area (TPSA) is 52.0 Å². The van der Waals surface area contributed by atoms with Crippen LogP contribution in [0.4, 0.5) is 0 Å². The van der Waals surface area contributed by atoms with E-state index in [1.807, 2.05) is 31.2 Å². The van der Waals surface area contributed by atoms with Gasteiger partial charge in [-0.15, -0.1) is 0 Å². The zero-order valence-electron chi connectivity index (χ0n) is 10.4. The van der Waals surface area contributed by atoms with Crippen molar-refractivity contribution in [3.05, 3.63) is 64.6 Å². The highest BCUT2D eigenvalue weighted by Crippen LogP contribution is 2.30. The van der Waals surface area contributed by atoms with Crippen LogP contribution in [0.1, 0.15) is 22.9 Å². The molecule has 2 heterocycles. The van der Waals surface area contributed by atoms with Crippen molar-refractivity contribution >= 4 is 22.6 Å². The van der Waals surface area contributed by atoms with E-state index in [1.54, 1.807) is 12.4 Å². The molecule has 4 heteroatoms. The molecule has 0 spiro atoms. The number of aryl methyl sites for hydroxylation is 1. The van der Waals surface area contributed by atoms with Gasteiger partial charge in [-0.2, -0.15) is 0 Å². The highest BCUT2D eigenvalue weighted by Gasteiger charge is 2.16. The van der Waals surface area contributed by atoms with E-state index in [1.165, 1.54) is 5.56 Å². The van der Waals surface area contributed by atoms with Crippen LogP contribution in [0.5, 0.6) is 0 Å². The van der Waals surface area contributed by atoms with Crippen molar-refractivity contribution in [3.8, 4) is 0 Å². The second kappa shape index (κ2) is 4.68. The summed E-state index contributed by atoms with van der Waals surface area (Å²) in [5, 5.41) is 1.60. The van der Waals surface area contributed by atoms with E-state index in [0.29, 0.717) is 10.8 Å². The van der Waals surface area contributed by atoms with E-state index in [9.17, 15) is 0 Å². The Bertz CT molecular complexity index is 736. The molecular formula is C15H13ClN2O. The molecule has 0 aliphatic carbocycles. The summed E-state index contributed by atoms with van der Waals surface area (Å²) >= 11 is 6.11. The summed E-state index contributed by atoms with van der Waals surface area (Å²) < 4.78 is 5.79. The zero-order chi connectivity index (χ0) is 13.4. The lowest BCUT2D eigenvalue weighted by Gasteiger charge is -2.10. The summed E-state index contributed by atoms with van der Waals surface area (Å²) in [5.41, 5.74) is 9.05. The second-order valence-corrected chi connectivity index (χ2v) is 4.97. The quantitative estimate of drug-likeness (QED) is 0.771. The normalized spacial score (nSPS) is 12.8. The van der Waals surface area contributed by atoms with Gasteiger partial charge in [0.1, 0.15) is 11.3 Å². The first-order chi connectivity index (χ1) is 9.15. The smallest absolute Gasteiger partial charge is 0.134 e. The Morgan fingerprint density at radius 2 is 2.11 bits per heavy atom. The maximum absolute atomic E-state index is 6.21. The first-order valence-corrected chi connectivity index (χ1v) is 6.38. The molecule has 0 radical (unpaired) electrons. The zero-order valence-corrected chi connectivity index (χ0v) is 11.2. The van der Waals surface area contributed by atoms with Gasteiger partial charge in [0, 0.05) is 17.8 Å². The molecule has 0 aliphatic rings. The van der Waals surface area contributed by atoms with Gasteiger partial charge < -0.3 is 10.2 Å². The van der Waals surface area contributed by atoms with Crippen molar-refractivity contribution in [1.29, 1.82) is 0 Å². The number of halogens is 1. The van der Waals surface area contributed by atoms with Crippen LogP contribution in [0, 0.1) is 6.92 Å². The van der Waals surface area contributed by atoms with Crippen LogP contribution in [0.2, 0.25) is 5.02 Å². The number of furan rings is 1. The summed E-state index contributed by atoms with van der Waals surface area (Å²) in [6, 6.07) is 9.43. The summed E-state index contributed by atoms with van der Waals surface area (Å²) in [5.74, 6) is 0.703. The summed E-state index contributed by atoms with van der Waals surface area (Å²) in [7, 11) is 0. The van der Waals surface area contributed by atoms with Crippen LogP contribution >= 0.6 is 11.6 Å². The monoisotopic (exact) mass is 272 g/mol. The Morgan fingerprint density at radius 1 is 1.26 bits per heavy atom.